The molecule has 10 heteroatoms. The standard InChI is InChI=1S/C24H17F2N3O5/c1-2-34-18-10-6-16(7-11-18)27-22-21(14-3-8-17(9-4-14)29(32)33)23(30)28(24(22)31)20-12-5-15(25)13-19(20)26/h3-13,27H,2H2,1H3. The summed E-state index contributed by atoms with van der Waals surface area (Å²) in [6, 6.07) is 14.1. The second-order valence-electron chi connectivity index (χ2n) is 7.18. The molecule has 2 amide bonds. The Labute approximate surface area is 192 Å². The van der Waals surface area contributed by atoms with Crippen LogP contribution in [0, 0.1) is 21.7 Å². The normalized spacial score (nSPS) is 13.4. The van der Waals surface area contributed by atoms with Crippen LogP contribution in [0.3, 0.4) is 0 Å². The first-order valence-electron chi connectivity index (χ1n) is 10.1. The second kappa shape index (κ2) is 9.10. The quantitative estimate of drug-likeness (QED) is 0.309. The first-order valence-corrected chi connectivity index (χ1v) is 10.1. The molecule has 34 heavy (non-hydrogen) atoms. The molecule has 4 rings (SSSR count). The number of nitrogens with zero attached hydrogens (tertiary/aromatic N) is 2. The Hall–Kier alpha value is -4.60. The van der Waals surface area contributed by atoms with Gasteiger partial charge in [-0.05, 0) is 61.0 Å². The van der Waals surface area contributed by atoms with Gasteiger partial charge >= 0.3 is 0 Å². The molecule has 8 nitrogen and oxygen atoms in total. The Balaban J connectivity index is 1.79. The van der Waals surface area contributed by atoms with Crippen molar-refractivity contribution in [2.45, 2.75) is 6.92 Å². The van der Waals surface area contributed by atoms with Crippen molar-refractivity contribution in [1.29, 1.82) is 0 Å². The van der Waals surface area contributed by atoms with E-state index in [9.17, 15) is 28.5 Å². The number of amides is 2. The van der Waals surface area contributed by atoms with E-state index in [-0.39, 0.29) is 22.5 Å². The van der Waals surface area contributed by atoms with E-state index in [2.05, 4.69) is 5.32 Å². The van der Waals surface area contributed by atoms with Crippen molar-refractivity contribution >= 4 is 34.4 Å². The summed E-state index contributed by atoms with van der Waals surface area (Å²) < 4.78 is 33.3. The topological polar surface area (TPSA) is 102 Å². The first-order chi connectivity index (χ1) is 16.3. The number of hydrogen-bond acceptors (Lipinski definition) is 6. The van der Waals surface area contributed by atoms with Crippen LogP contribution in [0.25, 0.3) is 5.57 Å². The Morgan fingerprint density at radius 1 is 0.971 bits per heavy atom. The van der Waals surface area contributed by atoms with Crippen molar-refractivity contribution in [1.82, 2.24) is 0 Å². The molecule has 0 bridgehead atoms. The minimum atomic E-state index is -1.09. The van der Waals surface area contributed by atoms with E-state index in [1.54, 1.807) is 24.3 Å². The molecule has 0 unspecified atom stereocenters. The number of nitrogens with one attached hydrogen (secondary N) is 1. The Bertz CT molecular complexity index is 1320. The van der Waals surface area contributed by atoms with Gasteiger partial charge in [-0.3, -0.25) is 19.7 Å². The molecule has 0 saturated heterocycles. The molecule has 3 aromatic rings. The third-order valence-corrected chi connectivity index (χ3v) is 5.04. The molecule has 172 valence electrons. The molecular formula is C24H17F2N3O5. The van der Waals surface area contributed by atoms with Crippen LogP contribution in [0.4, 0.5) is 25.8 Å². The van der Waals surface area contributed by atoms with E-state index in [1.807, 2.05) is 6.92 Å². The number of halogens is 2. The molecular weight excluding hydrogens is 448 g/mol. The van der Waals surface area contributed by atoms with Crippen molar-refractivity contribution in [3.8, 4) is 5.75 Å². The molecule has 0 fully saturated rings. The van der Waals surface area contributed by atoms with Gasteiger partial charge in [0.2, 0.25) is 0 Å². The average molecular weight is 465 g/mol. The zero-order valence-corrected chi connectivity index (χ0v) is 17.7. The van der Waals surface area contributed by atoms with Gasteiger partial charge in [0.05, 0.1) is 22.8 Å². The predicted molar refractivity (Wildman–Crippen MR) is 120 cm³/mol. The summed E-state index contributed by atoms with van der Waals surface area (Å²) in [6.45, 7) is 2.30. The molecule has 1 N–H and O–H groups in total. The van der Waals surface area contributed by atoms with Crippen molar-refractivity contribution in [3.63, 3.8) is 0 Å². The summed E-state index contributed by atoms with van der Waals surface area (Å²) in [5.74, 6) is -3.08. The number of anilines is 2. The largest absolute Gasteiger partial charge is 0.494 e. The van der Waals surface area contributed by atoms with Gasteiger partial charge in [0.1, 0.15) is 23.1 Å². The van der Waals surface area contributed by atoms with Crippen molar-refractivity contribution in [3.05, 3.63) is 99.7 Å². The lowest BCUT2D eigenvalue weighted by molar-refractivity contribution is -0.384. The summed E-state index contributed by atoms with van der Waals surface area (Å²) in [6.07, 6.45) is 0. The first kappa shape index (κ1) is 22.6. The lowest BCUT2D eigenvalue weighted by atomic mass is 10.0. The Kier molecular flexibility index (Phi) is 6.05. The maximum atomic E-state index is 14.5. The number of nitro benzene ring substituents is 1. The van der Waals surface area contributed by atoms with Crippen molar-refractivity contribution < 1.29 is 28.0 Å². The van der Waals surface area contributed by atoms with Crippen LogP contribution in [0.2, 0.25) is 0 Å². The summed E-state index contributed by atoms with van der Waals surface area (Å²) in [4.78, 5) is 37.6. The van der Waals surface area contributed by atoms with Gasteiger partial charge in [0.25, 0.3) is 17.5 Å². The van der Waals surface area contributed by atoms with Gasteiger partial charge < -0.3 is 10.1 Å². The number of benzene rings is 3. The fourth-order valence-corrected chi connectivity index (χ4v) is 3.49. The molecule has 0 atom stereocenters. The Morgan fingerprint density at radius 2 is 1.65 bits per heavy atom. The van der Waals surface area contributed by atoms with E-state index in [1.165, 1.54) is 24.3 Å². The van der Waals surface area contributed by atoms with Crippen molar-refractivity contribution in [2.75, 3.05) is 16.8 Å². The fourth-order valence-electron chi connectivity index (χ4n) is 3.49. The van der Waals surface area contributed by atoms with E-state index in [0.29, 0.717) is 29.0 Å². The summed E-state index contributed by atoms with van der Waals surface area (Å²) in [5.41, 5.74) is -0.241. The molecule has 1 aliphatic heterocycles. The molecule has 0 saturated carbocycles. The molecule has 0 spiro atoms. The second-order valence-corrected chi connectivity index (χ2v) is 7.18. The zero-order valence-electron chi connectivity index (χ0n) is 17.7. The summed E-state index contributed by atoms with van der Waals surface area (Å²) >= 11 is 0. The Morgan fingerprint density at radius 3 is 2.24 bits per heavy atom. The van der Waals surface area contributed by atoms with Crippen LogP contribution in [0.5, 0.6) is 5.75 Å². The van der Waals surface area contributed by atoms with Crippen LogP contribution in [0.1, 0.15) is 12.5 Å². The smallest absolute Gasteiger partial charge is 0.282 e. The number of hydrogen-bond donors (Lipinski definition) is 1. The van der Waals surface area contributed by atoms with E-state index >= 15 is 0 Å². The van der Waals surface area contributed by atoms with Crippen LogP contribution >= 0.6 is 0 Å². The zero-order chi connectivity index (χ0) is 24.4. The highest BCUT2D eigenvalue weighted by atomic mass is 19.1. The number of rotatable bonds is 7. The lowest BCUT2D eigenvalue weighted by Crippen LogP contribution is -2.33. The van der Waals surface area contributed by atoms with Gasteiger partial charge in [-0.25, -0.2) is 13.7 Å². The maximum absolute atomic E-state index is 14.5. The van der Waals surface area contributed by atoms with Gasteiger partial charge in [-0.2, -0.15) is 0 Å². The molecule has 0 aromatic heterocycles. The van der Waals surface area contributed by atoms with Crippen LogP contribution in [0.15, 0.2) is 72.4 Å². The minimum absolute atomic E-state index is 0.113. The summed E-state index contributed by atoms with van der Waals surface area (Å²) in [7, 11) is 0. The predicted octanol–water partition coefficient (Wildman–Crippen LogP) is 4.67. The fraction of sp³-hybridized carbons (Fsp3) is 0.0833. The van der Waals surface area contributed by atoms with Crippen LogP contribution < -0.4 is 15.0 Å². The van der Waals surface area contributed by atoms with Crippen molar-refractivity contribution in [2.24, 2.45) is 0 Å². The number of carbonyl (C=O) groups is 2. The number of carbonyl (C=O) groups excluding carboxylic acids is 2. The van der Waals surface area contributed by atoms with Gasteiger partial charge in [-0.15, -0.1) is 0 Å². The van der Waals surface area contributed by atoms with Crippen LogP contribution in [-0.4, -0.2) is 23.3 Å². The number of imide groups is 1. The monoisotopic (exact) mass is 465 g/mol. The highest BCUT2D eigenvalue weighted by Crippen LogP contribution is 2.35. The molecule has 0 radical (unpaired) electrons. The third kappa shape index (κ3) is 4.20. The molecule has 1 aliphatic rings. The molecule has 3 aromatic carbocycles. The van der Waals surface area contributed by atoms with E-state index < -0.39 is 34.1 Å². The average Bonchev–Trinajstić information content (AvgIpc) is 3.05. The molecule has 1 heterocycles. The SMILES string of the molecule is CCOc1ccc(NC2=C(c3ccc([N+](=O)[O-])cc3)C(=O)N(c3ccc(F)cc3F)C2=O)cc1. The number of non-ortho nitro benzene ring substituents is 1. The highest BCUT2D eigenvalue weighted by molar-refractivity contribution is 6.46. The minimum Gasteiger partial charge on any atom is -0.494 e. The number of nitro groups is 1. The maximum Gasteiger partial charge on any atom is 0.282 e. The van der Waals surface area contributed by atoms with E-state index in [0.717, 1.165) is 12.1 Å². The lowest BCUT2D eigenvalue weighted by Gasteiger charge is -2.16. The number of ether oxygens (including phenoxy) is 1. The van der Waals surface area contributed by atoms with Gasteiger partial charge in [0.15, 0.2) is 0 Å². The van der Waals surface area contributed by atoms with Crippen LogP contribution in [-0.2, 0) is 9.59 Å². The highest BCUT2D eigenvalue weighted by Gasteiger charge is 2.41. The van der Waals surface area contributed by atoms with Gasteiger partial charge in [-0.1, -0.05) is 0 Å². The van der Waals surface area contributed by atoms with Gasteiger partial charge in [0, 0.05) is 23.9 Å². The molecule has 0 aliphatic carbocycles. The third-order valence-electron chi connectivity index (χ3n) is 5.04. The van der Waals surface area contributed by atoms with E-state index in [4.69, 9.17) is 4.74 Å². The summed E-state index contributed by atoms with van der Waals surface area (Å²) in [5, 5.41) is 13.9.